The molecule has 2 aromatic carbocycles. The summed E-state index contributed by atoms with van der Waals surface area (Å²) in [5.74, 6) is 0.408. The quantitative estimate of drug-likeness (QED) is 0.899. The van der Waals surface area contributed by atoms with Crippen LogP contribution in [-0.2, 0) is 0 Å². The molecule has 0 saturated heterocycles. The van der Waals surface area contributed by atoms with E-state index in [1.165, 1.54) is 0 Å². The van der Waals surface area contributed by atoms with E-state index in [4.69, 9.17) is 4.74 Å². The summed E-state index contributed by atoms with van der Waals surface area (Å²) in [6.07, 6.45) is 0. The lowest BCUT2D eigenvalue weighted by atomic mass is 10.1. The van der Waals surface area contributed by atoms with Crippen molar-refractivity contribution in [1.29, 1.82) is 0 Å². The van der Waals surface area contributed by atoms with Crippen LogP contribution in [0.25, 0.3) is 0 Å². The van der Waals surface area contributed by atoms with E-state index in [2.05, 4.69) is 21.2 Å². The smallest absolute Gasteiger partial charge is 0.259 e. The summed E-state index contributed by atoms with van der Waals surface area (Å²) in [4.78, 5) is 12.4. The van der Waals surface area contributed by atoms with Crippen LogP contribution in [0.1, 0.15) is 22.8 Å². The van der Waals surface area contributed by atoms with E-state index in [1.807, 2.05) is 44.2 Å². The molecule has 0 unspecified atom stereocenters. The van der Waals surface area contributed by atoms with Crippen LogP contribution in [0, 0.1) is 6.92 Å². The first-order valence-electron chi connectivity index (χ1n) is 6.41. The molecule has 4 heteroatoms. The van der Waals surface area contributed by atoms with E-state index < -0.39 is 0 Å². The molecule has 20 heavy (non-hydrogen) atoms. The summed E-state index contributed by atoms with van der Waals surface area (Å²) < 4.78 is 6.34. The zero-order valence-electron chi connectivity index (χ0n) is 11.4. The third-order valence-corrected chi connectivity index (χ3v) is 3.37. The van der Waals surface area contributed by atoms with Crippen LogP contribution in [0.4, 0.5) is 5.69 Å². The van der Waals surface area contributed by atoms with Crippen molar-refractivity contribution in [2.75, 3.05) is 11.9 Å². The maximum absolute atomic E-state index is 12.4. The van der Waals surface area contributed by atoms with Crippen LogP contribution < -0.4 is 10.1 Å². The van der Waals surface area contributed by atoms with Crippen LogP contribution in [0.15, 0.2) is 46.9 Å². The second kappa shape index (κ2) is 6.57. The van der Waals surface area contributed by atoms with Gasteiger partial charge in [0, 0.05) is 10.2 Å². The van der Waals surface area contributed by atoms with Crippen molar-refractivity contribution < 1.29 is 9.53 Å². The molecule has 2 aromatic rings. The van der Waals surface area contributed by atoms with Gasteiger partial charge in [0.2, 0.25) is 0 Å². The lowest BCUT2D eigenvalue weighted by Crippen LogP contribution is -2.14. The summed E-state index contributed by atoms with van der Waals surface area (Å²) in [5, 5.41) is 2.91. The molecular weight excluding hydrogens is 318 g/mol. The monoisotopic (exact) mass is 333 g/mol. The minimum atomic E-state index is -0.177. The summed E-state index contributed by atoms with van der Waals surface area (Å²) >= 11 is 3.38. The van der Waals surface area contributed by atoms with Crippen molar-refractivity contribution in [3.8, 4) is 5.75 Å². The highest BCUT2D eigenvalue weighted by Crippen LogP contribution is 2.25. The maximum Gasteiger partial charge on any atom is 0.259 e. The van der Waals surface area contributed by atoms with Crippen LogP contribution >= 0.6 is 15.9 Å². The molecule has 104 valence electrons. The number of nitrogens with one attached hydrogen (secondary N) is 1. The first kappa shape index (κ1) is 14.6. The standard InChI is InChI=1S/C16H16BrNO2/c1-3-20-15-9-8-12(17)10-13(15)16(19)18-14-7-5-4-6-11(14)2/h4-10H,3H2,1-2H3,(H,18,19). The fourth-order valence-electron chi connectivity index (χ4n) is 1.86. The van der Waals surface area contributed by atoms with Crippen molar-refractivity contribution in [1.82, 2.24) is 0 Å². The molecule has 2 rings (SSSR count). The minimum absolute atomic E-state index is 0.177. The van der Waals surface area contributed by atoms with E-state index in [0.29, 0.717) is 17.9 Å². The fourth-order valence-corrected chi connectivity index (χ4v) is 2.22. The Hall–Kier alpha value is -1.81. The van der Waals surface area contributed by atoms with Crippen molar-refractivity contribution >= 4 is 27.5 Å². The van der Waals surface area contributed by atoms with Gasteiger partial charge in [-0.2, -0.15) is 0 Å². The van der Waals surface area contributed by atoms with E-state index in [1.54, 1.807) is 12.1 Å². The first-order valence-corrected chi connectivity index (χ1v) is 7.20. The molecule has 0 spiro atoms. The molecule has 0 atom stereocenters. The van der Waals surface area contributed by atoms with E-state index in [0.717, 1.165) is 15.7 Å². The van der Waals surface area contributed by atoms with Gasteiger partial charge in [-0.05, 0) is 43.7 Å². The first-order chi connectivity index (χ1) is 9.61. The van der Waals surface area contributed by atoms with E-state index in [9.17, 15) is 4.79 Å². The number of ether oxygens (including phenoxy) is 1. The molecule has 0 saturated carbocycles. The summed E-state index contributed by atoms with van der Waals surface area (Å²) in [7, 11) is 0. The van der Waals surface area contributed by atoms with Crippen LogP contribution in [-0.4, -0.2) is 12.5 Å². The van der Waals surface area contributed by atoms with Gasteiger partial charge < -0.3 is 10.1 Å². The molecule has 0 aliphatic rings. The second-order valence-corrected chi connectivity index (χ2v) is 5.26. The predicted octanol–water partition coefficient (Wildman–Crippen LogP) is 4.41. The summed E-state index contributed by atoms with van der Waals surface area (Å²) in [6.45, 7) is 4.37. The average Bonchev–Trinajstić information content (AvgIpc) is 2.43. The van der Waals surface area contributed by atoms with Crippen LogP contribution in [0.2, 0.25) is 0 Å². The Morgan fingerprint density at radius 1 is 1.25 bits per heavy atom. The van der Waals surface area contributed by atoms with Crippen molar-refractivity contribution in [3.05, 3.63) is 58.1 Å². The molecule has 1 N–H and O–H groups in total. The number of para-hydroxylation sites is 1. The molecule has 1 amide bonds. The van der Waals surface area contributed by atoms with Crippen LogP contribution in [0.5, 0.6) is 5.75 Å². The number of rotatable bonds is 4. The zero-order chi connectivity index (χ0) is 14.5. The third-order valence-electron chi connectivity index (χ3n) is 2.88. The molecule has 0 fully saturated rings. The molecule has 0 bridgehead atoms. The Morgan fingerprint density at radius 2 is 2.00 bits per heavy atom. The number of amides is 1. The number of hydrogen-bond donors (Lipinski definition) is 1. The van der Waals surface area contributed by atoms with Crippen LogP contribution in [0.3, 0.4) is 0 Å². The highest BCUT2D eigenvalue weighted by molar-refractivity contribution is 9.10. The van der Waals surface area contributed by atoms with E-state index >= 15 is 0 Å². The van der Waals surface area contributed by atoms with Crippen molar-refractivity contribution in [3.63, 3.8) is 0 Å². The second-order valence-electron chi connectivity index (χ2n) is 4.34. The molecular formula is C16H16BrNO2. The molecule has 0 heterocycles. The highest BCUT2D eigenvalue weighted by Gasteiger charge is 2.14. The number of hydrogen-bond acceptors (Lipinski definition) is 2. The lowest BCUT2D eigenvalue weighted by Gasteiger charge is -2.12. The molecule has 0 aromatic heterocycles. The predicted molar refractivity (Wildman–Crippen MR) is 84.4 cm³/mol. The largest absolute Gasteiger partial charge is 0.493 e. The SMILES string of the molecule is CCOc1ccc(Br)cc1C(=O)Nc1ccccc1C. The van der Waals surface area contributed by atoms with Gasteiger partial charge in [0.1, 0.15) is 5.75 Å². The van der Waals surface area contributed by atoms with Gasteiger partial charge in [-0.1, -0.05) is 34.1 Å². The Balaban J connectivity index is 2.29. The number of carbonyl (C=O) groups is 1. The number of aryl methyl sites for hydroxylation is 1. The van der Waals surface area contributed by atoms with Gasteiger partial charge in [-0.25, -0.2) is 0 Å². The van der Waals surface area contributed by atoms with Crippen molar-refractivity contribution in [2.45, 2.75) is 13.8 Å². The normalized spacial score (nSPS) is 10.2. The fraction of sp³-hybridized carbons (Fsp3) is 0.188. The molecule has 0 aliphatic heterocycles. The average molecular weight is 334 g/mol. The third kappa shape index (κ3) is 3.39. The Morgan fingerprint density at radius 3 is 2.70 bits per heavy atom. The van der Waals surface area contributed by atoms with E-state index in [-0.39, 0.29) is 5.91 Å². The topological polar surface area (TPSA) is 38.3 Å². The lowest BCUT2D eigenvalue weighted by molar-refractivity contribution is 0.102. The Kier molecular flexibility index (Phi) is 4.79. The zero-order valence-corrected chi connectivity index (χ0v) is 13.0. The summed E-state index contributed by atoms with van der Waals surface area (Å²) in [6, 6.07) is 13.1. The highest BCUT2D eigenvalue weighted by atomic mass is 79.9. The molecule has 0 radical (unpaired) electrons. The number of benzene rings is 2. The Bertz CT molecular complexity index is 626. The number of carbonyl (C=O) groups excluding carboxylic acids is 1. The van der Waals surface area contributed by atoms with Gasteiger partial charge in [-0.3, -0.25) is 4.79 Å². The maximum atomic E-state index is 12.4. The Labute approximate surface area is 127 Å². The van der Waals surface area contributed by atoms with Gasteiger partial charge in [0.25, 0.3) is 5.91 Å². The van der Waals surface area contributed by atoms with Gasteiger partial charge in [0.05, 0.1) is 12.2 Å². The summed E-state index contributed by atoms with van der Waals surface area (Å²) in [5.41, 5.74) is 2.35. The molecule has 0 aliphatic carbocycles. The minimum Gasteiger partial charge on any atom is -0.493 e. The van der Waals surface area contributed by atoms with Gasteiger partial charge >= 0.3 is 0 Å². The number of halogens is 1. The number of anilines is 1. The van der Waals surface area contributed by atoms with Gasteiger partial charge in [0.15, 0.2) is 0 Å². The van der Waals surface area contributed by atoms with Gasteiger partial charge in [-0.15, -0.1) is 0 Å². The van der Waals surface area contributed by atoms with Crippen molar-refractivity contribution in [2.24, 2.45) is 0 Å². The molecule has 3 nitrogen and oxygen atoms in total.